The van der Waals surface area contributed by atoms with Gasteiger partial charge in [0.05, 0.1) is 11.5 Å². The fraction of sp³-hybridized carbons (Fsp3) is 0.538. The second-order valence-electron chi connectivity index (χ2n) is 4.47. The number of nitrogens with two attached hydrogens (primary N) is 1. The van der Waals surface area contributed by atoms with Gasteiger partial charge in [-0.3, -0.25) is 0 Å². The minimum atomic E-state index is -3.07. The van der Waals surface area contributed by atoms with Gasteiger partial charge in [0, 0.05) is 11.6 Å². The van der Waals surface area contributed by atoms with E-state index in [0.29, 0.717) is 17.7 Å². The molecule has 0 aliphatic carbocycles. The molecule has 0 heterocycles. The van der Waals surface area contributed by atoms with Gasteiger partial charge in [-0.25, -0.2) is 12.8 Å². The lowest BCUT2D eigenvalue weighted by atomic mass is 10.1. The molecule has 0 spiro atoms. The topological polar surface area (TPSA) is 69.4 Å². The number of rotatable bonds is 7. The maximum atomic E-state index is 13.1. The van der Waals surface area contributed by atoms with Crippen molar-refractivity contribution in [3.8, 4) is 5.75 Å². The Morgan fingerprint density at radius 3 is 2.63 bits per heavy atom. The van der Waals surface area contributed by atoms with Gasteiger partial charge in [-0.05, 0) is 31.5 Å². The van der Waals surface area contributed by atoms with Crippen LogP contribution >= 0.6 is 0 Å². The lowest BCUT2D eigenvalue weighted by Gasteiger charge is -2.14. The van der Waals surface area contributed by atoms with Gasteiger partial charge in [-0.15, -0.1) is 0 Å². The average molecular weight is 289 g/mol. The van der Waals surface area contributed by atoms with Crippen molar-refractivity contribution in [2.24, 2.45) is 5.73 Å². The molecular formula is C13H20FNO3S. The molecule has 1 aromatic rings. The molecule has 0 aromatic heterocycles. The molecule has 0 amide bonds. The Morgan fingerprint density at radius 2 is 2.05 bits per heavy atom. The van der Waals surface area contributed by atoms with Gasteiger partial charge < -0.3 is 10.5 Å². The van der Waals surface area contributed by atoms with E-state index in [0.717, 1.165) is 0 Å². The first-order valence-electron chi connectivity index (χ1n) is 6.24. The van der Waals surface area contributed by atoms with Crippen molar-refractivity contribution >= 4 is 9.84 Å². The average Bonchev–Trinajstić information content (AvgIpc) is 2.30. The molecule has 1 rings (SSSR count). The molecule has 0 aliphatic heterocycles. The quantitative estimate of drug-likeness (QED) is 0.834. The van der Waals surface area contributed by atoms with E-state index in [1.165, 1.54) is 18.2 Å². The summed E-state index contributed by atoms with van der Waals surface area (Å²) in [4.78, 5) is 0. The highest BCUT2D eigenvalue weighted by Crippen LogP contribution is 2.24. The highest BCUT2D eigenvalue weighted by Gasteiger charge is 2.12. The first-order valence-corrected chi connectivity index (χ1v) is 8.06. The molecule has 0 unspecified atom stereocenters. The van der Waals surface area contributed by atoms with Crippen molar-refractivity contribution in [2.75, 3.05) is 18.1 Å². The second kappa shape index (κ2) is 6.86. The predicted octanol–water partition coefficient (Wildman–Crippen LogP) is 2.05. The van der Waals surface area contributed by atoms with Crippen LogP contribution in [0.5, 0.6) is 5.75 Å². The van der Waals surface area contributed by atoms with Gasteiger partial charge in [0.2, 0.25) is 0 Å². The Kier molecular flexibility index (Phi) is 5.75. The monoisotopic (exact) mass is 289 g/mol. The van der Waals surface area contributed by atoms with E-state index in [2.05, 4.69) is 0 Å². The van der Waals surface area contributed by atoms with Crippen LogP contribution in [0.4, 0.5) is 4.39 Å². The van der Waals surface area contributed by atoms with Crippen molar-refractivity contribution in [1.29, 1.82) is 0 Å². The molecule has 0 radical (unpaired) electrons. The molecule has 0 saturated carbocycles. The van der Waals surface area contributed by atoms with E-state index in [1.54, 1.807) is 6.92 Å². The molecular weight excluding hydrogens is 269 g/mol. The molecule has 1 aromatic carbocycles. The molecule has 0 aliphatic rings. The fourth-order valence-electron chi connectivity index (χ4n) is 1.70. The van der Waals surface area contributed by atoms with E-state index >= 15 is 0 Å². The summed E-state index contributed by atoms with van der Waals surface area (Å²) in [5.41, 5.74) is 6.26. The Bertz CT molecular complexity index is 515. The summed E-state index contributed by atoms with van der Waals surface area (Å²) in [7, 11) is -3.07. The number of ether oxygens (including phenoxy) is 1. The van der Waals surface area contributed by atoms with Gasteiger partial charge in [-0.2, -0.15) is 0 Å². The standard InChI is InChI=1S/C13H20FNO3S/c1-3-7-19(16,17)8-6-18-13-5-4-11(14)9-12(13)10(2)15/h4-5,9-10H,3,6-8,15H2,1-2H3/t10-/m0/s1. The zero-order chi connectivity index (χ0) is 14.5. The Balaban J connectivity index is 2.68. The highest BCUT2D eigenvalue weighted by atomic mass is 32.2. The molecule has 6 heteroatoms. The predicted molar refractivity (Wildman–Crippen MR) is 73.4 cm³/mol. The molecule has 108 valence electrons. The third-order valence-electron chi connectivity index (χ3n) is 2.63. The van der Waals surface area contributed by atoms with Gasteiger partial charge in [-0.1, -0.05) is 6.92 Å². The van der Waals surface area contributed by atoms with E-state index in [4.69, 9.17) is 10.5 Å². The van der Waals surface area contributed by atoms with Crippen LogP contribution in [0.25, 0.3) is 0 Å². The first-order chi connectivity index (χ1) is 8.85. The molecule has 0 saturated heterocycles. The van der Waals surface area contributed by atoms with E-state index in [-0.39, 0.29) is 24.2 Å². The Labute approximate surface area is 113 Å². The van der Waals surface area contributed by atoms with E-state index in [1.807, 2.05) is 6.92 Å². The van der Waals surface area contributed by atoms with Crippen molar-refractivity contribution in [3.63, 3.8) is 0 Å². The lowest BCUT2D eigenvalue weighted by Crippen LogP contribution is -2.18. The van der Waals surface area contributed by atoms with Crippen LogP contribution in [0.1, 0.15) is 31.9 Å². The van der Waals surface area contributed by atoms with Crippen LogP contribution in [0.3, 0.4) is 0 Å². The zero-order valence-electron chi connectivity index (χ0n) is 11.2. The SMILES string of the molecule is CCCS(=O)(=O)CCOc1ccc(F)cc1[C@H](C)N. The maximum absolute atomic E-state index is 13.1. The van der Waals surface area contributed by atoms with Crippen LogP contribution in [0.2, 0.25) is 0 Å². The summed E-state index contributed by atoms with van der Waals surface area (Å²) in [5, 5.41) is 0. The highest BCUT2D eigenvalue weighted by molar-refractivity contribution is 7.91. The number of sulfone groups is 1. The van der Waals surface area contributed by atoms with Crippen molar-refractivity contribution in [3.05, 3.63) is 29.6 Å². The van der Waals surface area contributed by atoms with Crippen molar-refractivity contribution < 1.29 is 17.5 Å². The van der Waals surface area contributed by atoms with Gasteiger partial charge in [0.15, 0.2) is 9.84 Å². The normalized spacial score (nSPS) is 13.3. The van der Waals surface area contributed by atoms with Gasteiger partial charge >= 0.3 is 0 Å². The number of benzene rings is 1. The van der Waals surface area contributed by atoms with Gasteiger partial charge in [0.25, 0.3) is 0 Å². The molecule has 0 bridgehead atoms. The minimum Gasteiger partial charge on any atom is -0.492 e. The van der Waals surface area contributed by atoms with Crippen LogP contribution in [-0.4, -0.2) is 26.5 Å². The molecule has 19 heavy (non-hydrogen) atoms. The fourth-order valence-corrected chi connectivity index (χ4v) is 2.86. The van der Waals surface area contributed by atoms with Crippen molar-refractivity contribution in [2.45, 2.75) is 26.3 Å². The number of halogens is 1. The number of hydrogen-bond acceptors (Lipinski definition) is 4. The Morgan fingerprint density at radius 1 is 1.37 bits per heavy atom. The summed E-state index contributed by atoms with van der Waals surface area (Å²) < 4.78 is 41.6. The van der Waals surface area contributed by atoms with Crippen molar-refractivity contribution in [1.82, 2.24) is 0 Å². The van der Waals surface area contributed by atoms with Crippen LogP contribution in [-0.2, 0) is 9.84 Å². The third kappa shape index (κ3) is 5.16. The molecule has 4 nitrogen and oxygen atoms in total. The number of hydrogen-bond donors (Lipinski definition) is 1. The minimum absolute atomic E-state index is 0.0450. The second-order valence-corrected chi connectivity index (χ2v) is 6.77. The smallest absolute Gasteiger partial charge is 0.153 e. The van der Waals surface area contributed by atoms with Crippen LogP contribution in [0.15, 0.2) is 18.2 Å². The van der Waals surface area contributed by atoms with Crippen LogP contribution < -0.4 is 10.5 Å². The molecule has 0 fully saturated rings. The Hall–Kier alpha value is -1.14. The summed E-state index contributed by atoms with van der Waals surface area (Å²) in [6, 6.07) is 3.67. The largest absolute Gasteiger partial charge is 0.492 e. The van der Waals surface area contributed by atoms with Crippen LogP contribution in [0, 0.1) is 5.82 Å². The molecule has 2 N–H and O–H groups in total. The summed E-state index contributed by atoms with van der Waals surface area (Å²) in [6.07, 6.45) is 0.587. The summed E-state index contributed by atoms with van der Waals surface area (Å²) in [5.74, 6) is 0.151. The first kappa shape index (κ1) is 15.9. The van der Waals surface area contributed by atoms with E-state index < -0.39 is 15.7 Å². The van der Waals surface area contributed by atoms with Gasteiger partial charge in [0.1, 0.15) is 18.2 Å². The third-order valence-corrected chi connectivity index (χ3v) is 4.45. The lowest BCUT2D eigenvalue weighted by molar-refractivity contribution is 0.334. The van der Waals surface area contributed by atoms with E-state index in [9.17, 15) is 12.8 Å². The maximum Gasteiger partial charge on any atom is 0.153 e. The summed E-state index contributed by atoms with van der Waals surface area (Å²) >= 11 is 0. The summed E-state index contributed by atoms with van der Waals surface area (Å²) in [6.45, 7) is 3.58. The molecule has 1 atom stereocenters. The zero-order valence-corrected chi connectivity index (χ0v) is 12.0.